The first-order chi connectivity index (χ1) is 10.1. The topological polar surface area (TPSA) is 95.9 Å². The summed E-state index contributed by atoms with van der Waals surface area (Å²) in [5, 5.41) is 11.9. The largest absolute Gasteiger partial charge is 0.479 e. The SMILES string of the molecule is C=CC[C@@]1(C(=O)O)CCCN1C(=O)CNC(=O)OC(C)(C)C. The molecule has 1 aliphatic heterocycles. The lowest BCUT2D eigenvalue weighted by Crippen LogP contribution is -2.55. The summed E-state index contributed by atoms with van der Waals surface area (Å²) in [6, 6.07) is 0. The quantitative estimate of drug-likeness (QED) is 0.751. The molecule has 0 radical (unpaired) electrons. The molecule has 2 amide bonds. The number of nitrogens with zero attached hydrogens (tertiary/aromatic N) is 1. The van der Waals surface area contributed by atoms with Crippen molar-refractivity contribution in [1.29, 1.82) is 0 Å². The van der Waals surface area contributed by atoms with E-state index in [1.54, 1.807) is 20.8 Å². The van der Waals surface area contributed by atoms with E-state index in [2.05, 4.69) is 11.9 Å². The van der Waals surface area contributed by atoms with E-state index in [9.17, 15) is 19.5 Å². The van der Waals surface area contributed by atoms with Gasteiger partial charge in [-0.2, -0.15) is 0 Å². The maximum Gasteiger partial charge on any atom is 0.408 e. The molecule has 0 spiro atoms. The van der Waals surface area contributed by atoms with Gasteiger partial charge < -0.3 is 20.1 Å². The van der Waals surface area contributed by atoms with E-state index < -0.39 is 29.1 Å². The van der Waals surface area contributed by atoms with E-state index in [-0.39, 0.29) is 13.0 Å². The molecule has 1 saturated heterocycles. The van der Waals surface area contributed by atoms with Crippen LogP contribution in [0.3, 0.4) is 0 Å². The molecule has 1 atom stereocenters. The van der Waals surface area contributed by atoms with E-state index in [4.69, 9.17) is 4.74 Å². The van der Waals surface area contributed by atoms with Crippen LogP contribution >= 0.6 is 0 Å². The molecule has 0 saturated carbocycles. The molecule has 0 bridgehead atoms. The van der Waals surface area contributed by atoms with Crippen molar-refractivity contribution in [2.75, 3.05) is 13.1 Å². The van der Waals surface area contributed by atoms with Crippen molar-refractivity contribution in [1.82, 2.24) is 10.2 Å². The summed E-state index contributed by atoms with van der Waals surface area (Å²) in [4.78, 5) is 36.7. The van der Waals surface area contributed by atoms with Crippen LogP contribution in [0.25, 0.3) is 0 Å². The number of carbonyl (C=O) groups excluding carboxylic acids is 2. The van der Waals surface area contributed by atoms with Crippen LogP contribution in [0.15, 0.2) is 12.7 Å². The Kier molecular flexibility index (Phi) is 5.57. The first-order valence-electron chi connectivity index (χ1n) is 7.24. The molecule has 0 aromatic heterocycles. The second-order valence-electron chi connectivity index (χ2n) is 6.33. The van der Waals surface area contributed by atoms with Gasteiger partial charge in [-0.1, -0.05) is 6.08 Å². The Bertz CT molecular complexity index is 469. The third-order valence-electron chi connectivity index (χ3n) is 3.45. The zero-order valence-electron chi connectivity index (χ0n) is 13.3. The summed E-state index contributed by atoms with van der Waals surface area (Å²) < 4.78 is 5.04. The number of carbonyl (C=O) groups is 3. The standard InChI is InChI=1S/C15H24N2O5/c1-5-7-15(12(19)20)8-6-9-17(15)11(18)10-16-13(21)22-14(2,3)4/h5H,1,6-10H2,2-4H3,(H,16,21)(H,19,20)/t15-/m0/s1. The summed E-state index contributed by atoms with van der Waals surface area (Å²) in [5.41, 5.74) is -1.91. The summed E-state index contributed by atoms with van der Waals surface area (Å²) in [7, 11) is 0. The van der Waals surface area contributed by atoms with Gasteiger partial charge in [-0.15, -0.1) is 6.58 Å². The minimum absolute atomic E-state index is 0.181. The van der Waals surface area contributed by atoms with E-state index >= 15 is 0 Å². The van der Waals surface area contributed by atoms with Gasteiger partial charge in [0.25, 0.3) is 0 Å². The number of carboxylic acid groups (broad SMARTS) is 1. The maximum absolute atomic E-state index is 12.3. The van der Waals surface area contributed by atoms with Crippen LogP contribution in [0.1, 0.15) is 40.0 Å². The summed E-state index contributed by atoms with van der Waals surface area (Å²) in [6.07, 6.45) is 1.97. The Labute approximate surface area is 130 Å². The first kappa shape index (κ1) is 18.0. The molecule has 22 heavy (non-hydrogen) atoms. The third kappa shape index (κ3) is 4.22. The fraction of sp³-hybridized carbons (Fsp3) is 0.667. The minimum atomic E-state index is -1.26. The predicted octanol–water partition coefficient (Wildman–Crippen LogP) is 1.53. The van der Waals surface area contributed by atoms with Crippen LogP contribution in [0.2, 0.25) is 0 Å². The van der Waals surface area contributed by atoms with Crippen molar-refractivity contribution in [2.45, 2.75) is 51.2 Å². The van der Waals surface area contributed by atoms with Gasteiger partial charge in [-0.25, -0.2) is 9.59 Å². The molecule has 1 fully saturated rings. The van der Waals surface area contributed by atoms with Crippen molar-refractivity contribution in [3.63, 3.8) is 0 Å². The molecule has 7 nitrogen and oxygen atoms in total. The molecule has 1 aliphatic rings. The normalized spacial score (nSPS) is 21.3. The smallest absolute Gasteiger partial charge is 0.408 e. The van der Waals surface area contributed by atoms with Gasteiger partial charge in [0.05, 0.1) is 0 Å². The average molecular weight is 312 g/mol. The maximum atomic E-state index is 12.3. The fourth-order valence-electron chi connectivity index (χ4n) is 2.56. The zero-order valence-corrected chi connectivity index (χ0v) is 13.3. The Morgan fingerprint density at radius 1 is 1.41 bits per heavy atom. The third-order valence-corrected chi connectivity index (χ3v) is 3.45. The van der Waals surface area contributed by atoms with Gasteiger partial charge in [0, 0.05) is 6.54 Å². The Morgan fingerprint density at radius 3 is 2.55 bits per heavy atom. The molecule has 0 aliphatic carbocycles. The van der Waals surface area contributed by atoms with Crippen LogP contribution < -0.4 is 5.32 Å². The highest BCUT2D eigenvalue weighted by Gasteiger charge is 2.48. The Hall–Kier alpha value is -2.05. The number of nitrogens with one attached hydrogen (secondary N) is 1. The van der Waals surface area contributed by atoms with Gasteiger partial charge in [0.1, 0.15) is 17.7 Å². The Morgan fingerprint density at radius 2 is 2.05 bits per heavy atom. The molecule has 1 heterocycles. The van der Waals surface area contributed by atoms with Crippen molar-refractivity contribution >= 4 is 18.0 Å². The summed E-state index contributed by atoms with van der Waals surface area (Å²) in [5.74, 6) is -1.48. The van der Waals surface area contributed by atoms with E-state index in [0.717, 1.165) is 0 Å². The average Bonchev–Trinajstić information content (AvgIpc) is 2.79. The number of hydrogen-bond donors (Lipinski definition) is 2. The van der Waals surface area contributed by atoms with Crippen molar-refractivity contribution in [3.8, 4) is 0 Å². The minimum Gasteiger partial charge on any atom is -0.479 e. The van der Waals surface area contributed by atoms with Crippen LogP contribution in [0.5, 0.6) is 0 Å². The van der Waals surface area contributed by atoms with Gasteiger partial charge in [0.15, 0.2) is 0 Å². The molecule has 0 aromatic rings. The van der Waals surface area contributed by atoms with Crippen molar-refractivity contribution < 1.29 is 24.2 Å². The Balaban J connectivity index is 2.69. The second-order valence-corrected chi connectivity index (χ2v) is 6.33. The first-order valence-corrected chi connectivity index (χ1v) is 7.24. The number of amides is 2. The van der Waals surface area contributed by atoms with Crippen LogP contribution in [-0.4, -0.2) is 52.2 Å². The molecular formula is C15H24N2O5. The number of hydrogen-bond acceptors (Lipinski definition) is 4. The monoisotopic (exact) mass is 312 g/mol. The molecular weight excluding hydrogens is 288 g/mol. The van der Waals surface area contributed by atoms with E-state index in [1.807, 2.05) is 0 Å². The number of carboxylic acids is 1. The van der Waals surface area contributed by atoms with Crippen LogP contribution in [-0.2, 0) is 14.3 Å². The summed E-state index contributed by atoms with van der Waals surface area (Å²) >= 11 is 0. The van der Waals surface area contributed by atoms with Crippen molar-refractivity contribution in [3.05, 3.63) is 12.7 Å². The molecule has 124 valence electrons. The number of aliphatic carboxylic acids is 1. The molecule has 1 rings (SSSR count). The van der Waals surface area contributed by atoms with Crippen LogP contribution in [0.4, 0.5) is 4.79 Å². The highest BCUT2D eigenvalue weighted by atomic mass is 16.6. The number of ether oxygens (including phenoxy) is 1. The molecule has 7 heteroatoms. The van der Waals surface area contributed by atoms with Gasteiger partial charge in [0.2, 0.25) is 5.91 Å². The van der Waals surface area contributed by atoms with E-state index in [0.29, 0.717) is 19.4 Å². The zero-order chi connectivity index (χ0) is 17.0. The van der Waals surface area contributed by atoms with Crippen molar-refractivity contribution in [2.24, 2.45) is 0 Å². The van der Waals surface area contributed by atoms with Gasteiger partial charge >= 0.3 is 12.1 Å². The molecule has 0 unspecified atom stereocenters. The number of alkyl carbamates (subject to hydrolysis) is 1. The van der Waals surface area contributed by atoms with E-state index in [1.165, 1.54) is 11.0 Å². The summed E-state index contributed by atoms with van der Waals surface area (Å²) in [6.45, 7) is 8.78. The lowest BCUT2D eigenvalue weighted by molar-refractivity contribution is -0.156. The molecule has 0 aromatic carbocycles. The number of rotatable bonds is 5. The van der Waals surface area contributed by atoms with Crippen LogP contribution in [0, 0.1) is 0 Å². The second kappa shape index (κ2) is 6.81. The lowest BCUT2D eigenvalue weighted by Gasteiger charge is -2.34. The lowest BCUT2D eigenvalue weighted by atomic mass is 9.92. The predicted molar refractivity (Wildman–Crippen MR) is 80.4 cm³/mol. The highest BCUT2D eigenvalue weighted by molar-refractivity contribution is 5.90. The fourth-order valence-corrected chi connectivity index (χ4v) is 2.56. The van der Waals surface area contributed by atoms with Gasteiger partial charge in [-0.05, 0) is 40.0 Å². The molecule has 2 N–H and O–H groups in total. The number of likely N-dealkylation sites (tertiary alicyclic amines) is 1. The van der Waals surface area contributed by atoms with Gasteiger partial charge in [-0.3, -0.25) is 4.79 Å². The highest BCUT2D eigenvalue weighted by Crippen LogP contribution is 2.33.